The molecule has 0 saturated heterocycles. The Bertz CT molecular complexity index is 716. The zero-order valence-electron chi connectivity index (χ0n) is 11.7. The molecule has 2 rings (SSSR count). The molecule has 1 unspecified atom stereocenters. The first-order chi connectivity index (χ1) is 9.89. The van der Waals surface area contributed by atoms with Gasteiger partial charge < -0.3 is 10.4 Å². The second kappa shape index (κ2) is 5.35. The Morgan fingerprint density at radius 2 is 2.19 bits per heavy atom. The van der Waals surface area contributed by atoms with E-state index in [0.29, 0.717) is 10.9 Å². The number of nitro benzene ring substituents is 1. The molecule has 0 spiro atoms. The molecule has 0 aliphatic carbocycles. The summed E-state index contributed by atoms with van der Waals surface area (Å²) in [5.41, 5.74) is -0.780. The number of fused-ring (bicyclic) bond motifs is 1. The maximum Gasteiger partial charge on any atom is 0.329 e. The van der Waals surface area contributed by atoms with Crippen molar-refractivity contribution in [2.75, 3.05) is 5.32 Å². The molecule has 1 atom stereocenters. The lowest BCUT2D eigenvalue weighted by Gasteiger charge is -2.25. The van der Waals surface area contributed by atoms with Crippen LogP contribution in [-0.2, 0) is 4.79 Å². The Kier molecular flexibility index (Phi) is 3.75. The van der Waals surface area contributed by atoms with Gasteiger partial charge in [-0.25, -0.2) is 4.79 Å². The number of carboxylic acids is 1. The van der Waals surface area contributed by atoms with Crippen LogP contribution in [0.15, 0.2) is 30.5 Å². The van der Waals surface area contributed by atoms with Gasteiger partial charge in [0.1, 0.15) is 11.2 Å². The second-order valence-electron chi connectivity index (χ2n) is 4.90. The van der Waals surface area contributed by atoms with Gasteiger partial charge in [-0.15, -0.1) is 0 Å². The molecule has 1 aromatic heterocycles. The van der Waals surface area contributed by atoms with Gasteiger partial charge in [-0.05, 0) is 37.6 Å². The highest BCUT2D eigenvalue weighted by molar-refractivity contribution is 5.95. The normalized spacial score (nSPS) is 13.6. The largest absolute Gasteiger partial charge is 0.480 e. The number of hydrogen-bond acceptors (Lipinski definition) is 5. The van der Waals surface area contributed by atoms with E-state index in [1.165, 1.54) is 13.0 Å². The van der Waals surface area contributed by atoms with Crippen LogP contribution < -0.4 is 5.32 Å². The van der Waals surface area contributed by atoms with E-state index in [1.54, 1.807) is 31.3 Å². The highest BCUT2D eigenvalue weighted by Crippen LogP contribution is 2.34. The van der Waals surface area contributed by atoms with E-state index in [2.05, 4.69) is 10.3 Å². The molecule has 7 nitrogen and oxygen atoms in total. The number of rotatable bonds is 5. The lowest BCUT2D eigenvalue weighted by Crippen LogP contribution is -2.42. The number of anilines is 1. The van der Waals surface area contributed by atoms with Crippen LogP contribution >= 0.6 is 0 Å². The van der Waals surface area contributed by atoms with Crippen LogP contribution in [-0.4, -0.2) is 26.5 Å². The molecular formula is C14H15N3O4. The summed E-state index contributed by atoms with van der Waals surface area (Å²) in [6.07, 6.45) is 1.83. The minimum atomic E-state index is -1.28. The number of nitro groups is 1. The third kappa shape index (κ3) is 2.62. The predicted molar refractivity (Wildman–Crippen MR) is 78.4 cm³/mol. The summed E-state index contributed by atoms with van der Waals surface area (Å²) in [7, 11) is 0. The van der Waals surface area contributed by atoms with Crippen molar-refractivity contribution in [2.24, 2.45) is 0 Å². The fourth-order valence-corrected chi connectivity index (χ4v) is 2.02. The zero-order chi connectivity index (χ0) is 15.6. The second-order valence-corrected chi connectivity index (χ2v) is 4.90. The molecule has 0 aliphatic heterocycles. The zero-order valence-corrected chi connectivity index (χ0v) is 11.7. The quantitative estimate of drug-likeness (QED) is 0.647. The van der Waals surface area contributed by atoms with Crippen molar-refractivity contribution in [3.8, 4) is 0 Å². The van der Waals surface area contributed by atoms with Gasteiger partial charge in [0.15, 0.2) is 0 Å². The lowest BCUT2D eigenvalue weighted by atomic mass is 9.98. The Balaban J connectivity index is 2.62. The van der Waals surface area contributed by atoms with Crippen LogP contribution in [0.4, 0.5) is 11.4 Å². The van der Waals surface area contributed by atoms with Crippen LogP contribution in [0.1, 0.15) is 20.3 Å². The first-order valence-electron chi connectivity index (χ1n) is 6.42. The topological polar surface area (TPSA) is 105 Å². The number of aliphatic carboxylic acids is 1. The maximum atomic E-state index is 11.4. The average molecular weight is 289 g/mol. The summed E-state index contributed by atoms with van der Waals surface area (Å²) < 4.78 is 0. The van der Waals surface area contributed by atoms with Crippen molar-refractivity contribution in [3.05, 3.63) is 40.6 Å². The van der Waals surface area contributed by atoms with Crippen LogP contribution in [0.2, 0.25) is 0 Å². The highest BCUT2D eigenvalue weighted by Gasteiger charge is 2.33. The number of carboxylic acid groups (broad SMARTS) is 1. The molecule has 0 radical (unpaired) electrons. The van der Waals surface area contributed by atoms with Crippen LogP contribution in [0.3, 0.4) is 0 Å². The third-order valence-corrected chi connectivity index (χ3v) is 3.53. The molecule has 110 valence electrons. The van der Waals surface area contributed by atoms with Gasteiger partial charge in [0.25, 0.3) is 0 Å². The van der Waals surface area contributed by atoms with Gasteiger partial charge >= 0.3 is 11.7 Å². The smallest absolute Gasteiger partial charge is 0.329 e. The molecule has 1 aromatic carbocycles. The van der Waals surface area contributed by atoms with Gasteiger partial charge in [-0.1, -0.05) is 6.92 Å². The number of carbonyl (C=O) groups is 1. The highest BCUT2D eigenvalue weighted by atomic mass is 16.6. The molecule has 0 amide bonds. The summed E-state index contributed by atoms with van der Waals surface area (Å²) in [4.78, 5) is 26.3. The monoisotopic (exact) mass is 289 g/mol. The first-order valence-corrected chi connectivity index (χ1v) is 6.42. The maximum absolute atomic E-state index is 11.4. The Hall–Kier alpha value is -2.70. The van der Waals surface area contributed by atoms with Crippen molar-refractivity contribution < 1.29 is 14.8 Å². The fraction of sp³-hybridized carbons (Fsp3) is 0.286. The van der Waals surface area contributed by atoms with E-state index in [-0.39, 0.29) is 17.8 Å². The first kappa shape index (κ1) is 14.7. The number of pyridine rings is 1. The predicted octanol–water partition coefficient (Wildman–Crippen LogP) is 2.81. The number of nitrogens with zero attached hydrogens (tertiary/aromatic N) is 2. The molecule has 0 aliphatic rings. The molecule has 0 bridgehead atoms. The van der Waals surface area contributed by atoms with Crippen molar-refractivity contribution in [1.82, 2.24) is 4.98 Å². The number of benzene rings is 1. The van der Waals surface area contributed by atoms with E-state index in [1.807, 2.05) is 0 Å². The summed E-state index contributed by atoms with van der Waals surface area (Å²) >= 11 is 0. The van der Waals surface area contributed by atoms with E-state index >= 15 is 0 Å². The number of aromatic nitrogens is 1. The third-order valence-electron chi connectivity index (χ3n) is 3.53. The summed E-state index contributed by atoms with van der Waals surface area (Å²) in [6.45, 7) is 3.20. The minimum Gasteiger partial charge on any atom is -0.480 e. The van der Waals surface area contributed by atoms with E-state index in [4.69, 9.17) is 0 Å². The lowest BCUT2D eigenvalue weighted by molar-refractivity contribution is -0.382. The molecule has 1 heterocycles. The van der Waals surface area contributed by atoms with Gasteiger partial charge in [0, 0.05) is 6.20 Å². The van der Waals surface area contributed by atoms with E-state index < -0.39 is 16.4 Å². The fourth-order valence-electron chi connectivity index (χ4n) is 2.02. The van der Waals surface area contributed by atoms with E-state index in [9.17, 15) is 20.0 Å². The minimum absolute atomic E-state index is 0.165. The molecule has 2 aromatic rings. The van der Waals surface area contributed by atoms with Gasteiger partial charge in [-0.3, -0.25) is 15.1 Å². The Morgan fingerprint density at radius 3 is 2.76 bits per heavy atom. The molecule has 0 saturated carbocycles. The average Bonchev–Trinajstić information content (AvgIpc) is 2.46. The molecule has 0 fully saturated rings. The van der Waals surface area contributed by atoms with Gasteiger partial charge in [-0.2, -0.15) is 0 Å². The Morgan fingerprint density at radius 1 is 1.48 bits per heavy atom. The Labute approximate surface area is 120 Å². The summed E-state index contributed by atoms with van der Waals surface area (Å²) in [5, 5.41) is 23.8. The molecule has 21 heavy (non-hydrogen) atoms. The van der Waals surface area contributed by atoms with Crippen molar-refractivity contribution in [2.45, 2.75) is 25.8 Å². The van der Waals surface area contributed by atoms with Crippen molar-refractivity contribution in [3.63, 3.8) is 0 Å². The summed E-state index contributed by atoms with van der Waals surface area (Å²) in [6, 6.07) is 6.32. The number of nitrogens with one attached hydrogen (secondary N) is 1. The van der Waals surface area contributed by atoms with Crippen LogP contribution in [0.25, 0.3) is 10.9 Å². The van der Waals surface area contributed by atoms with Crippen LogP contribution in [0, 0.1) is 10.1 Å². The molecular weight excluding hydrogens is 274 g/mol. The van der Waals surface area contributed by atoms with Crippen LogP contribution in [0.5, 0.6) is 0 Å². The molecule has 7 heteroatoms. The van der Waals surface area contributed by atoms with Crippen molar-refractivity contribution in [1.29, 1.82) is 0 Å². The van der Waals surface area contributed by atoms with E-state index in [0.717, 1.165) is 0 Å². The molecule has 2 N–H and O–H groups in total. The standard InChI is InChI=1S/C14H15N3O4/c1-3-14(2,13(18)19)16-11-7-6-10-9(5-4-8-15-10)12(11)17(20)21/h4-8,16H,3H2,1-2H3,(H,18,19). The van der Waals surface area contributed by atoms with Crippen molar-refractivity contribution >= 4 is 28.2 Å². The number of hydrogen-bond donors (Lipinski definition) is 2. The summed E-state index contributed by atoms with van der Waals surface area (Å²) in [5.74, 6) is -1.06. The SMILES string of the molecule is CCC(C)(Nc1ccc2ncccc2c1[N+](=O)[O-])C(=O)O. The van der Waals surface area contributed by atoms with Gasteiger partial charge in [0.05, 0.1) is 15.8 Å². The van der Waals surface area contributed by atoms with Gasteiger partial charge in [0.2, 0.25) is 0 Å².